The van der Waals surface area contributed by atoms with E-state index in [9.17, 15) is 13.6 Å². The molecule has 0 atom stereocenters. The van der Waals surface area contributed by atoms with Crippen molar-refractivity contribution >= 4 is 16.8 Å². The van der Waals surface area contributed by atoms with Crippen molar-refractivity contribution in [3.8, 4) is 5.75 Å². The SMILES string of the molecule is COCCCN.O=C(NC1CCCCC1)c1cnc2cc(OC(F)F)ccc2c1. The number of methoxy groups -OCH3 is 1. The number of ether oxygens (including phenoxy) is 2. The minimum absolute atomic E-state index is 0.0550. The van der Waals surface area contributed by atoms with E-state index in [4.69, 9.17) is 10.5 Å². The van der Waals surface area contributed by atoms with E-state index >= 15 is 0 Å². The van der Waals surface area contributed by atoms with Crippen LogP contribution in [0.25, 0.3) is 10.9 Å². The predicted molar refractivity (Wildman–Crippen MR) is 108 cm³/mol. The van der Waals surface area contributed by atoms with Crippen molar-refractivity contribution in [3.63, 3.8) is 0 Å². The van der Waals surface area contributed by atoms with E-state index < -0.39 is 6.61 Å². The zero-order chi connectivity index (χ0) is 21.1. The zero-order valence-corrected chi connectivity index (χ0v) is 16.7. The Balaban J connectivity index is 0.000000438. The number of halogens is 2. The first-order chi connectivity index (χ1) is 14.0. The highest BCUT2D eigenvalue weighted by Gasteiger charge is 2.17. The van der Waals surface area contributed by atoms with E-state index in [1.165, 1.54) is 24.8 Å². The van der Waals surface area contributed by atoms with Crippen molar-refractivity contribution in [2.24, 2.45) is 5.73 Å². The van der Waals surface area contributed by atoms with Gasteiger partial charge in [0.1, 0.15) is 5.75 Å². The second-order valence-electron chi connectivity index (χ2n) is 6.90. The summed E-state index contributed by atoms with van der Waals surface area (Å²) in [6.07, 6.45) is 7.99. The van der Waals surface area contributed by atoms with Gasteiger partial charge in [0.15, 0.2) is 0 Å². The van der Waals surface area contributed by atoms with Crippen LogP contribution < -0.4 is 15.8 Å². The number of hydrogen-bond acceptors (Lipinski definition) is 5. The summed E-state index contributed by atoms with van der Waals surface area (Å²) in [5, 5.41) is 3.75. The molecule has 0 radical (unpaired) electrons. The van der Waals surface area contributed by atoms with E-state index in [1.807, 2.05) is 0 Å². The molecule has 1 heterocycles. The van der Waals surface area contributed by atoms with Crippen LogP contribution in [0.15, 0.2) is 30.5 Å². The first-order valence-corrected chi connectivity index (χ1v) is 9.88. The van der Waals surface area contributed by atoms with E-state index in [0.717, 1.165) is 45.3 Å². The molecular weight excluding hydrogens is 380 g/mol. The standard InChI is InChI=1S/C17H18F2N2O2.C4H11NO/c18-17(19)23-14-7-6-11-8-12(10-20-15(11)9-14)16(22)21-13-4-2-1-3-5-13;1-6-4-2-3-5/h6-10,13,17H,1-5H2,(H,21,22);2-5H2,1H3. The van der Waals surface area contributed by atoms with E-state index in [0.29, 0.717) is 16.5 Å². The lowest BCUT2D eigenvalue weighted by molar-refractivity contribution is -0.0497. The Bertz CT molecular complexity index is 764. The zero-order valence-electron chi connectivity index (χ0n) is 16.7. The van der Waals surface area contributed by atoms with Crippen LogP contribution in [-0.2, 0) is 4.74 Å². The molecule has 1 fully saturated rings. The molecule has 0 unspecified atom stereocenters. The van der Waals surface area contributed by atoms with Gasteiger partial charge in [0.25, 0.3) is 5.91 Å². The highest BCUT2D eigenvalue weighted by Crippen LogP contribution is 2.22. The van der Waals surface area contributed by atoms with Gasteiger partial charge in [0.05, 0.1) is 11.1 Å². The van der Waals surface area contributed by atoms with Crippen molar-refractivity contribution in [1.29, 1.82) is 0 Å². The van der Waals surface area contributed by atoms with Gasteiger partial charge in [-0.3, -0.25) is 9.78 Å². The Morgan fingerprint density at radius 3 is 2.66 bits per heavy atom. The third-order valence-corrected chi connectivity index (χ3v) is 4.64. The number of alkyl halides is 2. The third-order valence-electron chi connectivity index (χ3n) is 4.64. The third kappa shape index (κ3) is 7.91. The molecule has 0 aliphatic heterocycles. The van der Waals surface area contributed by atoms with Gasteiger partial charge < -0.3 is 20.5 Å². The summed E-state index contributed by atoms with van der Waals surface area (Å²) in [5.41, 5.74) is 6.12. The van der Waals surface area contributed by atoms with Gasteiger partial charge in [-0.25, -0.2) is 0 Å². The minimum Gasteiger partial charge on any atom is -0.435 e. The molecule has 1 aliphatic carbocycles. The quantitative estimate of drug-likeness (QED) is 0.678. The van der Waals surface area contributed by atoms with Gasteiger partial charge in [-0.2, -0.15) is 8.78 Å². The molecule has 2 aromatic rings. The summed E-state index contributed by atoms with van der Waals surface area (Å²) in [6, 6.07) is 6.45. The average molecular weight is 409 g/mol. The predicted octanol–water partition coefficient (Wildman–Crippen LogP) is 3.88. The molecule has 1 aromatic heterocycles. The Labute approximate surface area is 169 Å². The topological polar surface area (TPSA) is 86.5 Å². The van der Waals surface area contributed by atoms with Crippen LogP contribution in [0, 0.1) is 0 Å². The number of aromatic nitrogens is 1. The molecule has 6 nitrogen and oxygen atoms in total. The van der Waals surface area contributed by atoms with Crippen molar-refractivity contribution in [1.82, 2.24) is 10.3 Å². The number of carbonyl (C=O) groups is 1. The summed E-state index contributed by atoms with van der Waals surface area (Å²) < 4.78 is 33.5. The number of pyridine rings is 1. The molecule has 3 rings (SSSR count). The van der Waals surface area contributed by atoms with Gasteiger partial charge >= 0.3 is 6.61 Å². The van der Waals surface area contributed by atoms with E-state index in [1.54, 1.807) is 19.2 Å². The van der Waals surface area contributed by atoms with Crippen molar-refractivity contribution in [2.45, 2.75) is 51.2 Å². The first-order valence-electron chi connectivity index (χ1n) is 9.88. The van der Waals surface area contributed by atoms with Crippen LogP contribution >= 0.6 is 0 Å². The Hall–Kier alpha value is -2.32. The normalized spacial score (nSPS) is 14.4. The number of fused-ring (bicyclic) bond motifs is 1. The molecule has 1 amide bonds. The number of benzene rings is 1. The van der Waals surface area contributed by atoms with Gasteiger partial charge in [-0.1, -0.05) is 19.3 Å². The summed E-state index contributed by atoms with van der Waals surface area (Å²) in [7, 11) is 1.68. The molecule has 0 bridgehead atoms. The molecule has 1 aliphatic rings. The smallest absolute Gasteiger partial charge is 0.387 e. The highest BCUT2D eigenvalue weighted by atomic mass is 19.3. The lowest BCUT2D eigenvalue weighted by atomic mass is 9.95. The van der Waals surface area contributed by atoms with Gasteiger partial charge in [0, 0.05) is 37.4 Å². The number of hydrogen-bond donors (Lipinski definition) is 2. The van der Waals surface area contributed by atoms with E-state index in [2.05, 4.69) is 15.0 Å². The van der Waals surface area contributed by atoms with Crippen molar-refractivity contribution in [3.05, 3.63) is 36.0 Å². The van der Waals surface area contributed by atoms with Crippen LogP contribution in [0.1, 0.15) is 48.9 Å². The highest BCUT2D eigenvalue weighted by molar-refractivity contribution is 5.97. The second kappa shape index (κ2) is 12.3. The molecule has 8 heteroatoms. The molecule has 1 saturated carbocycles. The minimum atomic E-state index is -2.87. The maximum atomic E-state index is 12.3. The molecule has 0 saturated heterocycles. The fourth-order valence-electron chi connectivity index (χ4n) is 3.14. The monoisotopic (exact) mass is 409 g/mol. The van der Waals surface area contributed by atoms with Gasteiger partial charge in [-0.15, -0.1) is 0 Å². The fraction of sp³-hybridized carbons (Fsp3) is 0.524. The average Bonchev–Trinajstić information content (AvgIpc) is 2.72. The molecular formula is C21H29F2N3O3. The molecule has 0 spiro atoms. The van der Waals surface area contributed by atoms with Crippen molar-refractivity contribution < 1.29 is 23.0 Å². The van der Waals surface area contributed by atoms with Gasteiger partial charge in [0.2, 0.25) is 0 Å². The summed E-state index contributed by atoms with van der Waals surface area (Å²) in [4.78, 5) is 16.5. The fourth-order valence-corrected chi connectivity index (χ4v) is 3.14. The second-order valence-corrected chi connectivity index (χ2v) is 6.90. The molecule has 3 N–H and O–H groups in total. The van der Waals surface area contributed by atoms with Crippen molar-refractivity contribution in [2.75, 3.05) is 20.3 Å². The maximum Gasteiger partial charge on any atom is 0.387 e. The number of rotatable bonds is 7. The summed E-state index contributed by atoms with van der Waals surface area (Å²) in [6.45, 7) is -1.35. The largest absolute Gasteiger partial charge is 0.435 e. The maximum absolute atomic E-state index is 12.3. The number of amides is 1. The van der Waals surface area contributed by atoms with Crippen LogP contribution in [0.5, 0.6) is 5.75 Å². The number of nitrogens with zero attached hydrogens (tertiary/aromatic N) is 1. The van der Waals surface area contributed by atoms with Crippen LogP contribution in [0.3, 0.4) is 0 Å². The number of carbonyl (C=O) groups excluding carboxylic acids is 1. The first kappa shape index (κ1) is 23.0. The lowest BCUT2D eigenvalue weighted by Crippen LogP contribution is -2.36. The van der Waals surface area contributed by atoms with Gasteiger partial charge in [-0.05, 0) is 44.0 Å². The summed E-state index contributed by atoms with van der Waals surface area (Å²) in [5.74, 6) is -0.0846. The molecule has 29 heavy (non-hydrogen) atoms. The Morgan fingerprint density at radius 1 is 1.28 bits per heavy atom. The van der Waals surface area contributed by atoms with Crippen LogP contribution in [-0.4, -0.2) is 43.8 Å². The lowest BCUT2D eigenvalue weighted by Gasteiger charge is -2.22. The van der Waals surface area contributed by atoms with E-state index in [-0.39, 0.29) is 17.7 Å². The number of nitrogens with two attached hydrogens (primary N) is 1. The molecule has 160 valence electrons. The molecule has 1 aromatic carbocycles. The Kier molecular flexibility index (Phi) is 9.73. The van der Waals surface area contributed by atoms with Crippen LogP contribution in [0.4, 0.5) is 8.78 Å². The number of nitrogens with one attached hydrogen (secondary N) is 1. The Morgan fingerprint density at radius 2 is 2.03 bits per heavy atom. The summed E-state index contributed by atoms with van der Waals surface area (Å²) >= 11 is 0. The van der Waals surface area contributed by atoms with Crippen LogP contribution in [0.2, 0.25) is 0 Å².